The second kappa shape index (κ2) is 7.08. The number of rotatable bonds is 4. The maximum Gasteiger partial charge on any atom is 0.411 e. The summed E-state index contributed by atoms with van der Waals surface area (Å²) in [6.07, 6.45) is -0.570. The van der Waals surface area contributed by atoms with Crippen molar-refractivity contribution < 1.29 is 22.7 Å². The Balaban J connectivity index is 2.13. The van der Waals surface area contributed by atoms with E-state index in [4.69, 9.17) is 9.47 Å². The second-order valence-corrected chi connectivity index (χ2v) is 6.80. The van der Waals surface area contributed by atoms with Gasteiger partial charge in [0, 0.05) is 18.3 Å². The summed E-state index contributed by atoms with van der Waals surface area (Å²) in [5.74, 6) is 0. The number of ether oxygens (including phenoxy) is 2. The minimum Gasteiger partial charge on any atom is -0.450 e. The highest BCUT2D eigenvalue weighted by Crippen LogP contribution is 2.22. The van der Waals surface area contributed by atoms with E-state index in [1.807, 2.05) is 6.92 Å². The molecular formula is C14H20N2O5S. The molecule has 8 heteroatoms. The van der Waals surface area contributed by atoms with Gasteiger partial charge in [-0.05, 0) is 38.1 Å². The van der Waals surface area contributed by atoms with Gasteiger partial charge in [-0.2, -0.15) is 4.31 Å². The first-order valence-corrected chi connectivity index (χ1v) is 8.52. The molecule has 1 amide bonds. The summed E-state index contributed by atoms with van der Waals surface area (Å²) in [5.41, 5.74) is 0.479. The van der Waals surface area contributed by atoms with E-state index >= 15 is 0 Å². The Morgan fingerprint density at radius 1 is 1.41 bits per heavy atom. The Hall–Kier alpha value is -1.64. The van der Waals surface area contributed by atoms with Crippen molar-refractivity contribution in [2.75, 3.05) is 31.7 Å². The fourth-order valence-corrected chi connectivity index (χ4v) is 3.80. The first-order chi connectivity index (χ1) is 10.4. The van der Waals surface area contributed by atoms with E-state index in [9.17, 15) is 13.2 Å². The molecule has 1 aliphatic heterocycles. The lowest BCUT2D eigenvalue weighted by Gasteiger charge is -2.32. The molecule has 22 heavy (non-hydrogen) atoms. The van der Waals surface area contributed by atoms with Crippen molar-refractivity contribution in [3.05, 3.63) is 24.3 Å². The predicted molar refractivity (Wildman–Crippen MR) is 81.3 cm³/mol. The number of carbonyl (C=O) groups is 1. The molecule has 1 aromatic rings. The molecule has 1 aromatic carbocycles. The first kappa shape index (κ1) is 16.7. The number of benzene rings is 1. The molecule has 0 radical (unpaired) electrons. The molecule has 0 spiro atoms. The zero-order valence-corrected chi connectivity index (χ0v) is 13.4. The summed E-state index contributed by atoms with van der Waals surface area (Å²) >= 11 is 0. The van der Waals surface area contributed by atoms with Gasteiger partial charge in [0.15, 0.2) is 0 Å². The molecule has 1 atom stereocenters. The highest BCUT2D eigenvalue weighted by atomic mass is 32.2. The molecule has 1 saturated heterocycles. The van der Waals surface area contributed by atoms with Crippen molar-refractivity contribution in [1.29, 1.82) is 0 Å². The van der Waals surface area contributed by atoms with Crippen LogP contribution in [0.2, 0.25) is 0 Å². The van der Waals surface area contributed by atoms with Crippen molar-refractivity contribution in [2.45, 2.75) is 24.8 Å². The van der Waals surface area contributed by atoms with Crippen molar-refractivity contribution >= 4 is 21.8 Å². The van der Waals surface area contributed by atoms with Crippen LogP contribution in [0.3, 0.4) is 0 Å². The Morgan fingerprint density at radius 3 is 2.68 bits per heavy atom. The van der Waals surface area contributed by atoms with Crippen LogP contribution in [0, 0.1) is 0 Å². The fourth-order valence-electron chi connectivity index (χ4n) is 2.20. The normalized spacial score (nSPS) is 19.6. The smallest absolute Gasteiger partial charge is 0.411 e. The Morgan fingerprint density at radius 2 is 2.09 bits per heavy atom. The lowest BCUT2D eigenvalue weighted by atomic mass is 10.3. The third-order valence-electron chi connectivity index (χ3n) is 3.29. The minimum atomic E-state index is -3.56. The zero-order chi connectivity index (χ0) is 16.2. The van der Waals surface area contributed by atoms with Crippen LogP contribution in [-0.4, -0.2) is 51.2 Å². The summed E-state index contributed by atoms with van der Waals surface area (Å²) in [5, 5.41) is 2.52. The van der Waals surface area contributed by atoms with Crippen molar-refractivity contribution in [2.24, 2.45) is 0 Å². The molecule has 0 aromatic heterocycles. The zero-order valence-electron chi connectivity index (χ0n) is 12.6. The molecule has 1 unspecified atom stereocenters. The second-order valence-electron chi connectivity index (χ2n) is 4.91. The number of morpholine rings is 1. The molecule has 7 nitrogen and oxygen atoms in total. The summed E-state index contributed by atoms with van der Waals surface area (Å²) in [4.78, 5) is 11.5. The number of anilines is 1. The van der Waals surface area contributed by atoms with E-state index in [1.54, 1.807) is 6.92 Å². The van der Waals surface area contributed by atoms with Gasteiger partial charge in [-0.3, -0.25) is 5.32 Å². The number of hydrogen-bond donors (Lipinski definition) is 1. The summed E-state index contributed by atoms with van der Waals surface area (Å²) in [6, 6.07) is 5.82. The molecule has 1 N–H and O–H groups in total. The van der Waals surface area contributed by atoms with Gasteiger partial charge in [0.2, 0.25) is 10.0 Å². The maximum atomic E-state index is 12.6. The topological polar surface area (TPSA) is 84.9 Å². The molecule has 1 fully saturated rings. The molecule has 1 aliphatic rings. The molecule has 0 bridgehead atoms. The van der Waals surface area contributed by atoms with Crippen molar-refractivity contribution in [3.8, 4) is 0 Å². The van der Waals surface area contributed by atoms with Gasteiger partial charge in [0.1, 0.15) is 0 Å². The van der Waals surface area contributed by atoms with E-state index in [2.05, 4.69) is 5.32 Å². The predicted octanol–water partition coefficient (Wildman–Crippen LogP) is 1.66. The van der Waals surface area contributed by atoms with Crippen molar-refractivity contribution in [1.82, 2.24) is 4.31 Å². The molecule has 2 rings (SSSR count). The summed E-state index contributed by atoms with van der Waals surface area (Å²) in [6.45, 7) is 4.92. The van der Waals surface area contributed by atoms with Crippen LogP contribution in [0.25, 0.3) is 0 Å². The number of nitrogens with zero attached hydrogens (tertiary/aromatic N) is 1. The molecule has 0 aliphatic carbocycles. The third-order valence-corrected chi connectivity index (χ3v) is 5.32. The number of sulfonamides is 1. The minimum absolute atomic E-state index is 0.190. The number of amides is 1. The van der Waals surface area contributed by atoms with E-state index in [1.165, 1.54) is 28.6 Å². The average Bonchev–Trinajstić information content (AvgIpc) is 2.48. The van der Waals surface area contributed by atoms with Gasteiger partial charge in [-0.1, -0.05) is 0 Å². The first-order valence-electron chi connectivity index (χ1n) is 7.08. The quantitative estimate of drug-likeness (QED) is 0.908. The van der Waals surface area contributed by atoms with Gasteiger partial charge < -0.3 is 9.47 Å². The van der Waals surface area contributed by atoms with E-state index in [0.29, 0.717) is 25.4 Å². The lowest BCUT2D eigenvalue weighted by Crippen LogP contribution is -2.46. The van der Waals surface area contributed by atoms with Crippen LogP contribution in [0.1, 0.15) is 13.8 Å². The van der Waals surface area contributed by atoms with Crippen LogP contribution in [-0.2, 0) is 19.5 Å². The number of carbonyl (C=O) groups excluding carboxylic acids is 1. The summed E-state index contributed by atoms with van der Waals surface area (Å²) in [7, 11) is -3.56. The maximum absolute atomic E-state index is 12.6. The molecular weight excluding hydrogens is 308 g/mol. The van der Waals surface area contributed by atoms with Crippen molar-refractivity contribution in [3.63, 3.8) is 0 Å². The van der Waals surface area contributed by atoms with Crippen LogP contribution in [0.4, 0.5) is 10.5 Å². The fraction of sp³-hybridized carbons (Fsp3) is 0.500. The number of hydrogen-bond acceptors (Lipinski definition) is 5. The van der Waals surface area contributed by atoms with Gasteiger partial charge in [0.25, 0.3) is 0 Å². The molecule has 122 valence electrons. The average molecular weight is 328 g/mol. The van der Waals surface area contributed by atoms with Gasteiger partial charge in [0.05, 0.1) is 24.7 Å². The Kier molecular flexibility index (Phi) is 5.38. The SMILES string of the molecule is CCOC(=O)Nc1ccc(S(=O)(=O)N2CCOCC2C)cc1. The monoisotopic (exact) mass is 328 g/mol. The van der Waals surface area contributed by atoms with E-state index in [-0.39, 0.29) is 17.5 Å². The van der Waals surface area contributed by atoms with Crippen LogP contribution < -0.4 is 5.32 Å². The van der Waals surface area contributed by atoms with Crippen LogP contribution in [0.5, 0.6) is 0 Å². The highest BCUT2D eigenvalue weighted by molar-refractivity contribution is 7.89. The standard InChI is InChI=1S/C14H20N2O5S/c1-3-21-14(17)15-12-4-6-13(7-5-12)22(18,19)16-8-9-20-10-11(16)2/h4-7,11H,3,8-10H2,1-2H3,(H,15,17). The molecule has 0 saturated carbocycles. The van der Waals surface area contributed by atoms with Crippen LogP contribution >= 0.6 is 0 Å². The van der Waals surface area contributed by atoms with Crippen LogP contribution in [0.15, 0.2) is 29.2 Å². The third kappa shape index (κ3) is 3.76. The largest absolute Gasteiger partial charge is 0.450 e. The number of nitrogens with one attached hydrogen (secondary N) is 1. The Labute approximate surface area is 130 Å². The summed E-state index contributed by atoms with van der Waals surface area (Å²) < 4.78 is 36.6. The van der Waals surface area contributed by atoms with Gasteiger partial charge in [-0.15, -0.1) is 0 Å². The van der Waals surface area contributed by atoms with E-state index in [0.717, 1.165) is 0 Å². The lowest BCUT2D eigenvalue weighted by molar-refractivity contribution is 0.0393. The Bertz CT molecular complexity index is 615. The van der Waals surface area contributed by atoms with Gasteiger partial charge >= 0.3 is 6.09 Å². The van der Waals surface area contributed by atoms with E-state index < -0.39 is 16.1 Å². The highest BCUT2D eigenvalue weighted by Gasteiger charge is 2.31. The van der Waals surface area contributed by atoms with Gasteiger partial charge in [-0.25, -0.2) is 13.2 Å². The molecule has 1 heterocycles.